The first-order chi connectivity index (χ1) is 7.47. The average molecular weight is 246 g/mol. The van der Waals surface area contributed by atoms with Gasteiger partial charge in [0, 0.05) is 5.75 Å². The van der Waals surface area contributed by atoms with E-state index in [4.69, 9.17) is 5.11 Å². The Kier molecular flexibility index (Phi) is 4.28. The minimum Gasteiger partial charge on any atom is -0.478 e. The van der Waals surface area contributed by atoms with E-state index in [9.17, 15) is 19.4 Å². The van der Waals surface area contributed by atoms with Crippen LogP contribution in [0.4, 0.5) is 4.39 Å². The first-order valence-electron chi connectivity index (χ1n) is 4.47. The number of hydrogen-bond donors (Lipinski definition) is 4. The Hall–Kier alpha value is -1.11. The maximum Gasteiger partial charge on any atom is 0.338 e. The van der Waals surface area contributed by atoms with Crippen molar-refractivity contribution in [2.24, 2.45) is 0 Å². The lowest BCUT2D eigenvalue weighted by atomic mass is 10.0. The number of carboxylic acid groups (broad SMARTS) is 1. The van der Waals surface area contributed by atoms with Crippen LogP contribution in [0.1, 0.15) is 22.0 Å². The fraction of sp³-hybridized carbons (Fsp3) is 0.300. The Morgan fingerprint density at radius 3 is 2.56 bits per heavy atom. The molecule has 0 spiro atoms. The van der Waals surface area contributed by atoms with Gasteiger partial charge in [-0.3, -0.25) is 0 Å². The molecular formula is C10H11FO4S. The van der Waals surface area contributed by atoms with E-state index in [2.05, 4.69) is 12.6 Å². The molecule has 2 atom stereocenters. The molecule has 3 N–H and O–H groups in total. The summed E-state index contributed by atoms with van der Waals surface area (Å²) in [5, 5.41) is 27.6. The van der Waals surface area contributed by atoms with Crippen LogP contribution >= 0.6 is 12.6 Å². The number of hydrogen-bond acceptors (Lipinski definition) is 4. The standard InChI is InChI=1S/C10H11FO4S/c11-7-2-1-5(3-6(7)10(14)15)9(13)8(12)4-16/h1-3,8-9,12-13,16H,4H2,(H,14,15). The summed E-state index contributed by atoms with van der Waals surface area (Å²) < 4.78 is 13.0. The molecule has 0 heterocycles. The minimum atomic E-state index is -1.42. The van der Waals surface area contributed by atoms with Crippen molar-refractivity contribution in [3.05, 3.63) is 35.1 Å². The highest BCUT2D eigenvalue weighted by atomic mass is 32.1. The van der Waals surface area contributed by atoms with Crippen molar-refractivity contribution in [3.63, 3.8) is 0 Å². The monoisotopic (exact) mass is 246 g/mol. The molecule has 6 heteroatoms. The van der Waals surface area contributed by atoms with Gasteiger partial charge in [0.25, 0.3) is 0 Å². The topological polar surface area (TPSA) is 77.8 Å². The lowest BCUT2D eigenvalue weighted by Gasteiger charge is -2.16. The molecule has 0 aromatic heterocycles. The fourth-order valence-corrected chi connectivity index (χ4v) is 1.41. The molecule has 0 aliphatic rings. The van der Waals surface area contributed by atoms with Gasteiger partial charge in [0.2, 0.25) is 0 Å². The third-order valence-corrected chi connectivity index (χ3v) is 2.49. The highest BCUT2D eigenvalue weighted by Crippen LogP contribution is 2.20. The van der Waals surface area contributed by atoms with Crippen molar-refractivity contribution in [2.45, 2.75) is 12.2 Å². The first-order valence-corrected chi connectivity index (χ1v) is 5.10. The van der Waals surface area contributed by atoms with E-state index in [1.54, 1.807) is 0 Å². The van der Waals surface area contributed by atoms with Crippen LogP contribution in [0.15, 0.2) is 18.2 Å². The number of carbonyl (C=O) groups is 1. The van der Waals surface area contributed by atoms with Crippen molar-refractivity contribution in [3.8, 4) is 0 Å². The van der Waals surface area contributed by atoms with E-state index in [0.29, 0.717) is 0 Å². The van der Waals surface area contributed by atoms with Gasteiger partial charge >= 0.3 is 5.97 Å². The summed E-state index contributed by atoms with van der Waals surface area (Å²) in [6.45, 7) is 0. The van der Waals surface area contributed by atoms with Gasteiger partial charge in [0.15, 0.2) is 0 Å². The maximum atomic E-state index is 13.0. The molecule has 0 fully saturated rings. The molecular weight excluding hydrogens is 235 g/mol. The highest BCUT2D eigenvalue weighted by Gasteiger charge is 2.19. The molecule has 0 aliphatic carbocycles. The SMILES string of the molecule is O=C(O)c1cc(C(O)C(O)CS)ccc1F. The zero-order valence-corrected chi connectivity index (χ0v) is 9.06. The van der Waals surface area contributed by atoms with Crippen LogP contribution in [0.3, 0.4) is 0 Å². The normalized spacial score (nSPS) is 14.5. The summed E-state index contributed by atoms with van der Waals surface area (Å²) in [5.74, 6) is -2.29. The van der Waals surface area contributed by atoms with Gasteiger partial charge in [-0.2, -0.15) is 12.6 Å². The number of benzene rings is 1. The molecule has 1 aromatic carbocycles. The van der Waals surface area contributed by atoms with Crippen LogP contribution < -0.4 is 0 Å². The van der Waals surface area contributed by atoms with E-state index in [-0.39, 0.29) is 11.3 Å². The van der Waals surface area contributed by atoms with Crippen molar-refractivity contribution >= 4 is 18.6 Å². The highest BCUT2D eigenvalue weighted by molar-refractivity contribution is 7.80. The smallest absolute Gasteiger partial charge is 0.338 e. The predicted octanol–water partition coefficient (Wildman–Crippen LogP) is 0.848. The number of rotatable bonds is 4. The Bertz CT molecular complexity index is 396. The number of carboxylic acids is 1. The molecule has 4 nitrogen and oxygen atoms in total. The van der Waals surface area contributed by atoms with Crippen LogP contribution in [-0.4, -0.2) is 33.1 Å². The molecule has 0 saturated carbocycles. The molecule has 0 aliphatic heterocycles. The summed E-state index contributed by atoms with van der Waals surface area (Å²) in [5.41, 5.74) is -0.400. The Balaban J connectivity index is 3.07. The molecule has 0 radical (unpaired) electrons. The number of aliphatic hydroxyl groups is 2. The van der Waals surface area contributed by atoms with Gasteiger partial charge in [-0.1, -0.05) is 6.07 Å². The van der Waals surface area contributed by atoms with Crippen LogP contribution in [0.2, 0.25) is 0 Å². The molecule has 88 valence electrons. The van der Waals surface area contributed by atoms with E-state index < -0.39 is 29.6 Å². The lowest BCUT2D eigenvalue weighted by molar-refractivity contribution is 0.0336. The van der Waals surface area contributed by atoms with Crippen molar-refractivity contribution < 1.29 is 24.5 Å². The van der Waals surface area contributed by atoms with Crippen LogP contribution in [0.5, 0.6) is 0 Å². The molecule has 0 saturated heterocycles. The first kappa shape index (κ1) is 13.0. The molecule has 16 heavy (non-hydrogen) atoms. The van der Waals surface area contributed by atoms with Gasteiger partial charge in [-0.15, -0.1) is 0 Å². The summed E-state index contributed by atoms with van der Waals surface area (Å²) in [6, 6.07) is 3.15. The molecule has 0 bridgehead atoms. The van der Waals surface area contributed by atoms with E-state index in [1.807, 2.05) is 0 Å². The number of thiol groups is 1. The van der Waals surface area contributed by atoms with Crippen molar-refractivity contribution in [1.82, 2.24) is 0 Å². The third-order valence-electron chi connectivity index (χ3n) is 2.11. The summed E-state index contributed by atoms with van der Waals surface area (Å²) in [4.78, 5) is 10.6. The average Bonchev–Trinajstić information content (AvgIpc) is 2.27. The van der Waals surface area contributed by atoms with Crippen LogP contribution in [0.25, 0.3) is 0 Å². The van der Waals surface area contributed by atoms with Crippen LogP contribution in [0, 0.1) is 5.82 Å². The number of aliphatic hydroxyl groups excluding tert-OH is 2. The second-order valence-electron chi connectivity index (χ2n) is 3.24. The van der Waals surface area contributed by atoms with Gasteiger partial charge in [-0.05, 0) is 17.7 Å². The van der Waals surface area contributed by atoms with Crippen molar-refractivity contribution in [2.75, 3.05) is 5.75 Å². The number of halogens is 1. The van der Waals surface area contributed by atoms with Crippen molar-refractivity contribution in [1.29, 1.82) is 0 Å². The predicted molar refractivity (Wildman–Crippen MR) is 58.2 cm³/mol. The summed E-state index contributed by atoms with van der Waals surface area (Å²) in [7, 11) is 0. The van der Waals surface area contributed by atoms with Crippen LogP contribution in [-0.2, 0) is 0 Å². The van der Waals surface area contributed by atoms with Gasteiger partial charge < -0.3 is 15.3 Å². The Morgan fingerprint density at radius 2 is 2.06 bits per heavy atom. The largest absolute Gasteiger partial charge is 0.478 e. The summed E-state index contributed by atoms with van der Waals surface area (Å²) in [6.07, 6.45) is -2.41. The second kappa shape index (κ2) is 5.29. The quantitative estimate of drug-likeness (QED) is 0.594. The maximum absolute atomic E-state index is 13.0. The zero-order valence-electron chi connectivity index (χ0n) is 8.17. The fourth-order valence-electron chi connectivity index (χ4n) is 1.21. The van der Waals surface area contributed by atoms with E-state index >= 15 is 0 Å². The van der Waals surface area contributed by atoms with Gasteiger partial charge in [0.1, 0.15) is 11.9 Å². The summed E-state index contributed by atoms with van der Waals surface area (Å²) >= 11 is 3.79. The van der Waals surface area contributed by atoms with Gasteiger partial charge in [0.05, 0.1) is 11.7 Å². The lowest BCUT2D eigenvalue weighted by Crippen LogP contribution is -2.20. The third kappa shape index (κ3) is 2.72. The molecule has 1 aromatic rings. The molecule has 1 rings (SSSR count). The Labute approximate surface area is 96.8 Å². The minimum absolute atomic E-state index is 0.0148. The number of aromatic carboxylic acids is 1. The van der Waals surface area contributed by atoms with E-state index in [1.165, 1.54) is 6.07 Å². The van der Waals surface area contributed by atoms with E-state index in [0.717, 1.165) is 12.1 Å². The zero-order chi connectivity index (χ0) is 12.3. The molecule has 0 amide bonds. The second-order valence-corrected chi connectivity index (χ2v) is 3.60. The Morgan fingerprint density at radius 1 is 1.44 bits per heavy atom. The van der Waals surface area contributed by atoms with Gasteiger partial charge in [-0.25, -0.2) is 9.18 Å². The molecule has 2 unspecified atom stereocenters.